The van der Waals surface area contributed by atoms with E-state index in [1.807, 2.05) is 12.1 Å². The van der Waals surface area contributed by atoms with Gasteiger partial charge in [0.1, 0.15) is 5.82 Å². The molecule has 0 aliphatic heterocycles. The number of halogens is 2. The first-order valence-electron chi connectivity index (χ1n) is 5.99. The normalized spacial score (nSPS) is 10.7. The monoisotopic (exact) mass is 329 g/mol. The number of benzene rings is 2. The van der Waals surface area contributed by atoms with Crippen molar-refractivity contribution in [3.8, 4) is 0 Å². The second-order valence-electron chi connectivity index (χ2n) is 4.36. The number of hydrogen-bond donors (Lipinski definition) is 0. The summed E-state index contributed by atoms with van der Waals surface area (Å²) in [7, 11) is 0. The minimum atomic E-state index is -0.537. The molecule has 0 radical (unpaired) electrons. The molecule has 2 nitrogen and oxygen atoms in total. The van der Waals surface area contributed by atoms with Crippen LogP contribution in [0.5, 0.6) is 0 Å². The van der Waals surface area contributed by atoms with E-state index in [4.69, 9.17) is 0 Å². The van der Waals surface area contributed by atoms with E-state index in [9.17, 15) is 9.18 Å². The van der Waals surface area contributed by atoms with Crippen LogP contribution in [-0.4, -0.2) is 10.8 Å². The predicted molar refractivity (Wildman–Crippen MR) is 79.3 cm³/mol. The average molecular weight is 330 g/mol. The quantitative estimate of drug-likeness (QED) is 0.653. The van der Waals surface area contributed by atoms with E-state index in [1.54, 1.807) is 30.6 Å². The van der Waals surface area contributed by atoms with Gasteiger partial charge in [-0.1, -0.05) is 34.1 Å². The fourth-order valence-electron chi connectivity index (χ4n) is 2.13. The first kappa shape index (κ1) is 12.9. The van der Waals surface area contributed by atoms with Crippen molar-refractivity contribution in [1.29, 1.82) is 0 Å². The van der Waals surface area contributed by atoms with Gasteiger partial charge in [-0.05, 0) is 29.7 Å². The SMILES string of the molecule is O=C(c1ccc(Br)cc1F)c1cccc2ccncc12. The molecule has 3 aromatic rings. The Labute approximate surface area is 123 Å². The summed E-state index contributed by atoms with van der Waals surface area (Å²) in [6.45, 7) is 0. The maximum Gasteiger partial charge on any atom is 0.196 e. The number of hydrogen-bond acceptors (Lipinski definition) is 2. The molecule has 0 N–H and O–H groups in total. The van der Waals surface area contributed by atoms with Crippen LogP contribution in [-0.2, 0) is 0 Å². The molecule has 0 fully saturated rings. The molecule has 4 heteroatoms. The van der Waals surface area contributed by atoms with Crippen LogP contribution in [0, 0.1) is 5.82 Å². The highest BCUT2D eigenvalue weighted by molar-refractivity contribution is 9.10. The van der Waals surface area contributed by atoms with Gasteiger partial charge in [0.15, 0.2) is 5.78 Å². The molecule has 1 heterocycles. The van der Waals surface area contributed by atoms with Crippen molar-refractivity contribution in [2.24, 2.45) is 0 Å². The zero-order chi connectivity index (χ0) is 14.1. The molecule has 0 unspecified atom stereocenters. The summed E-state index contributed by atoms with van der Waals surface area (Å²) in [5, 5.41) is 1.63. The summed E-state index contributed by atoms with van der Waals surface area (Å²) >= 11 is 3.18. The summed E-state index contributed by atoms with van der Waals surface area (Å²) in [5.74, 6) is -0.876. The predicted octanol–water partition coefficient (Wildman–Crippen LogP) is 4.37. The lowest BCUT2D eigenvalue weighted by atomic mass is 9.98. The van der Waals surface area contributed by atoms with Crippen molar-refractivity contribution in [3.63, 3.8) is 0 Å². The molecule has 98 valence electrons. The second-order valence-corrected chi connectivity index (χ2v) is 5.27. The van der Waals surface area contributed by atoms with Crippen LogP contribution >= 0.6 is 15.9 Å². The van der Waals surface area contributed by atoms with Gasteiger partial charge in [0.05, 0.1) is 5.56 Å². The van der Waals surface area contributed by atoms with Gasteiger partial charge in [-0.15, -0.1) is 0 Å². The number of pyridine rings is 1. The van der Waals surface area contributed by atoms with E-state index in [0.717, 1.165) is 10.8 Å². The van der Waals surface area contributed by atoms with E-state index in [1.165, 1.54) is 12.1 Å². The summed E-state index contributed by atoms with van der Waals surface area (Å²) in [6.07, 6.45) is 3.29. The van der Waals surface area contributed by atoms with Crippen LogP contribution in [0.2, 0.25) is 0 Å². The van der Waals surface area contributed by atoms with Gasteiger partial charge in [0, 0.05) is 27.8 Å². The molecule has 20 heavy (non-hydrogen) atoms. The van der Waals surface area contributed by atoms with Gasteiger partial charge >= 0.3 is 0 Å². The molecule has 3 rings (SSSR count). The summed E-state index contributed by atoms with van der Waals surface area (Å²) in [6, 6.07) is 11.6. The number of fused-ring (bicyclic) bond motifs is 1. The smallest absolute Gasteiger partial charge is 0.196 e. The molecule has 2 aromatic carbocycles. The van der Waals surface area contributed by atoms with E-state index < -0.39 is 5.82 Å². The number of nitrogens with zero attached hydrogens (tertiary/aromatic N) is 1. The van der Waals surface area contributed by atoms with Crippen LogP contribution < -0.4 is 0 Å². The first-order valence-corrected chi connectivity index (χ1v) is 6.78. The maximum atomic E-state index is 13.9. The third-order valence-corrected chi connectivity index (χ3v) is 3.60. The minimum Gasteiger partial charge on any atom is -0.288 e. The Morgan fingerprint density at radius 3 is 2.75 bits per heavy atom. The van der Waals surface area contributed by atoms with Crippen molar-refractivity contribution in [2.45, 2.75) is 0 Å². The van der Waals surface area contributed by atoms with E-state index >= 15 is 0 Å². The van der Waals surface area contributed by atoms with Crippen LogP contribution in [0.15, 0.2) is 59.3 Å². The third kappa shape index (κ3) is 2.23. The van der Waals surface area contributed by atoms with E-state index in [0.29, 0.717) is 10.0 Å². The van der Waals surface area contributed by atoms with Gasteiger partial charge in [0.2, 0.25) is 0 Å². The number of aromatic nitrogens is 1. The molecule has 0 atom stereocenters. The van der Waals surface area contributed by atoms with Crippen LogP contribution in [0.25, 0.3) is 10.8 Å². The number of carbonyl (C=O) groups excluding carboxylic acids is 1. The highest BCUT2D eigenvalue weighted by Gasteiger charge is 2.16. The van der Waals surface area contributed by atoms with Gasteiger partial charge in [-0.3, -0.25) is 9.78 Å². The number of rotatable bonds is 2. The van der Waals surface area contributed by atoms with Crippen molar-refractivity contribution in [2.75, 3.05) is 0 Å². The molecular formula is C16H9BrFNO. The lowest BCUT2D eigenvalue weighted by Gasteiger charge is -2.06. The van der Waals surface area contributed by atoms with E-state index in [-0.39, 0.29) is 11.3 Å². The maximum absolute atomic E-state index is 13.9. The van der Waals surface area contributed by atoms with Gasteiger partial charge < -0.3 is 0 Å². The largest absolute Gasteiger partial charge is 0.288 e. The minimum absolute atomic E-state index is 0.0598. The molecule has 0 amide bonds. The Hall–Kier alpha value is -2.07. The number of carbonyl (C=O) groups is 1. The Balaban J connectivity index is 2.18. The molecule has 1 aromatic heterocycles. The lowest BCUT2D eigenvalue weighted by molar-refractivity contribution is 0.103. The zero-order valence-electron chi connectivity index (χ0n) is 10.3. The fraction of sp³-hybridized carbons (Fsp3) is 0. The highest BCUT2D eigenvalue weighted by Crippen LogP contribution is 2.23. The van der Waals surface area contributed by atoms with Gasteiger partial charge in [0.25, 0.3) is 0 Å². The highest BCUT2D eigenvalue weighted by atomic mass is 79.9. The first-order chi connectivity index (χ1) is 9.66. The van der Waals surface area contributed by atoms with Crippen LogP contribution in [0.3, 0.4) is 0 Å². The van der Waals surface area contributed by atoms with E-state index in [2.05, 4.69) is 20.9 Å². The lowest BCUT2D eigenvalue weighted by Crippen LogP contribution is -2.05. The Morgan fingerprint density at radius 1 is 1.10 bits per heavy atom. The van der Waals surface area contributed by atoms with Crippen LogP contribution in [0.4, 0.5) is 4.39 Å². The number of ketones is 1. The summed E-state index contributed by atoms with van der Waals surface area (Å²) in [5.41, 5.74) is 0.515. The van der Waals surface area contributed by atoms with Crippen molar-refractivity contribution in [3.05, 3.63) is 76.3 Å². The van der Waals surface area contributed by atoms with Gasteiger partial charge in [-0.2, -0.15) is 0 Å². The topological polar surface area (TPSA) is 30.0 Å². The van der Waals surface area contributed by atoms with Crippen molar-refractivity contribution < 1.29 is 9.18 Å². The molecular weight excluding hydrogens is 321 g/mol. The Bertz CT molecular complexity index is 811. The molecule has 0 aliphatic rings. The average Bonchev–Trinajstić information content (AvgIpc) is 2.46. The van der Waals surface area contributed by atoms with Crippen molar-refractivity contribution in [1.82, 2.24) is 4.98 Å². The Kier molecular flexibility index (Phi) is 3.32. The molecule has 0 saturated carbocycles. The molecule has 0 bridgehead atoms. The summed E-state index contributed by atoms with van der Waals surface area (Å²) < 4.78 is 14.5. The molecule has 0 saturated heterocycles. The van der Waals surface area contributed by atoms with Crippen molar-refractivity contribution >= 4 is 32.5 Å². The standard InChI is InChI=1S/C16H9BrFNO/c17-11-4-5-13(15(18)8-11)16(20)12-3-1-2-10-6-7-19-9-14(10)12/h1-9H. The third-order valence-electron chi connectivity index (χ3n) is 3.10. The molecule has 0 spiro atoms. The van der Waals surface area contributed by atoms with Gasteiger partial charge in [-0.25, -0.2) is 4.39 Å². The molecule has 0 aliphatic carbocycles. The zero-order valence-corrected chi connectivity index (χ0v) is 11.9. The Morgan fingerprint density at radius 2 is 1.95 bits per heavy atom. The summed E-state index contributed by atoms with van der Waals surface area (Å²) in [4.78, 5) is 16.5. The second kappa shape index (κ2) is 5.13. The van der Waals surface area contributed by atoms with Crippen LogP contribution in [0.1, 0.15) is 15.9 Å². The fourth-order valence-corrected chi connectivity index (χ4v) is 2.46.